The number of anilines is 1. The van der Waals surface area contributed by atoms with Crippen molar-refractivity contribution in [3.05, 3.63) is 23.9 Å². The van der Waals surface area contributed by atoms with Gasteiger partial charge in [-0.1, -0.05) is 6.07 Å². The fourth-order valence-electron chi connectivity index (χ4n) is 2.59. The van der Waals surface area contributed by atoms with Crippen LogP contribution in [0.15, 0.2) is 18.3 Å². The van der Waals surface area contributed by atoms with Crippen LogP contribution in [0.2, 0.25) is 0 Å². The van der Waals surface area contributed by atoms with Gasteiger partial charge in [-0.15, -0.1) is 0 Å². The number of carbonyl (C=O) groups is 1. The summed E-state index contributed by atoms with van der Waals surface area (Å²) in [4.78, 5) is 17.5. The van der Waals surface area contributed by atoms with E-state index in [0.717, 1.165) is 30.9 Å². The molecular formula is C13H16N2O2. The van der Waals surface area contributed by atoms with E-state index in [2.05, 4.69) is 9.88 Å². The SMILES string of the molecule is O=C(O)[C@@H]1C[C@H]1c1ccc(N2CCCC2)nc1. The number of rotatable bonds is 3. The first-order valence-corrected chi connectivity index (χ1v) is 6.19. The maximum atomic E-state index is 10.8. The Balaban J connectivity index is 1.70. The molecule has 1 saturated carbocycles. The van der Waals surface area contributed by atoms with Gasteiger partial charge in [-0.25, -0.2) is 4.98 Å². The number of hydrogen-bond donors (Lipinski definition) is 1. The highest BCUT2D eigenvalue weighted by atomic mass is 16.4. The van der Waals surface area contributed by atoms with Gasteiger partial charge in [0, 0.05) is 19.3 Å². The summed E-state index contributed by atoms with van der Waals surface area (Å²) in [5.41, 5.74) is 1.07. The molecular weight excluding hydrogens is 216 g/mol. The van der Waals surface area contributed by atoms with Crippen LogP contribution in [-0.4, -0.2) is 29.1 Å². The minimum absolute atomic E-state index is 0.186. The molecule has 17 heavy (non-hydrogen) atoms. The van der Waals surface area contributed by atoms with Gasteiger partial charge in [0.1, 0.15) is 5.82 Å². The third kappa shape index (κ3) is 1.99. The molecule has 0 unspecified atom stereocenters. The molecule has 1 aliphatic carbocycles. The van der Waals surface area contributed by atoms with Crippen LogP contribution in [0.1, 0.15) is 30.7 Å². The molecule has 1 N–H and O–H groups in total. The number of nitrogens with zero attached hydrogens (tertiary/aromatic N) is 2. The molecule has 1 aromatic rings. The summed E-state index contributed by atoms with van der Waals surface area (Å²) < 4.78 is 0. The van der Waals surface area contributed by atoms with Gasteiger partial charge >= 0.3 is 5.97 Å². The third-order valence-corrected chi connectivity index (χ3v) is 3.74. The molecule has 0 bridgehead atoms. The van der Waals surface area contributed by atoms with Crippen molar-refractivity contribution in [3.63, 3.8) is 0 Å². The third-order valence-electron chi connectivity index (χ3n) is 3.74. The van der Waals surface area contributed by atoms with E-state index in [-0.39, 0.29) is 11.8 Å². The van der Waals surface area contributed by atoms with Crippen LogP contribution >= 0.6 is 0 Å². The molecule has 2 aliphatic rings. The van der Waals surface area contributed by atoms with E-state index in [0.29, 0.717) is 0 Å². The number of carboxylic acid groups (broad SMARTS) is 1. The van der Waals surface area contributed by atoms with E-state index >= 15 is 0 Å². The Kier molecular flexibility index (Phi) is 2.50. The molecule has 90 valence electrons. The van der Waals surface area contributed by atoms with Gasteiger partial charge < -0.3 is 10.0 Å². The van der Waals surface area contributed by atoms with Gasteiger partial charge in [-0.3, -0.25) is 4.79 Å². The molecule has 1 aromatic heterocycles. The molecule has 2 fully saturated rings. The molecule has 4 heteroatoms. The summed E-state index contributed by atoms with van der Waals surface area (Å²) in [6.45, 7) is 2.18. The maximum Gasteiger partial charge on any atom is 0.307 e. The van der Waals surface area contributed by atoms with Crippen molar-refractivity contribution < 1.29 is 9.90 Å². The number of hydrogen-bond acceptors (Lipinski definition) is 3. The van der Waals surface area contributed by atoms with Crippen LogP contribution < -0.4 is 4.90 Å². The van der Waals surface area contributed by atoms with Crippen LogP contribution in [-0.2, 0) is 4.79 Å². The number of aliphatic carboxylic acids is 1. The van der Waals surface area contributed by atoms with E-state index in [9.17, 15) is 4.79 Å². The van der Waals surface area contributed by atoms with Gasteiger partial charge in [0.2, 0.25) is 0 Å². The molecule has 3 rings (SSSR count). The van der Waals surface area contributed by atoms with Gasteiger partial charge in [-0.05, 0) is 36.8 Å². The van der Waals surface area contributed by atoms with Crippen molar-refractivity contribution >= 4 is 11.8 Å². The van der Waals surface area contributed by atoms with Crippen LogP contribution in [0, 0.1) is 5.92 Å². The molecule has 2 heterocycles. The average molecular weight is 232 g/mol. The lowest BCUT2D eigenvalue weighted by atomic mass is 10.1. The zero-order valence-corrected chi connectivity index (χ0v) is 9.67. The molecule has 0 amide bonds. The fourth-order valence-corrected chi connectivity index (χ4v) is 2.59. The van der Waals surface area contributed by atoms with Crippen LogP contribution in [0.5, 0.6) is 0 Å². The molecule has 4 nitrogen and oxygen atoms in total. The van der Waals surface area contributed by atoms with Crippen molar-refractivity contribution in [2.75, 3.05) is 18.0 Å². The predicted molar refractivity (Wildman–Crippen MR) is 64.2 cm³/mol. The zero-order chi connectivity index (χ0) is 11.8. The quantitative estimate of drug-likeness (QED) is 0.864. The normalized spacial score (nSPS) is 27.2. The van der Waals surface area contributed by atoms with Crippen molar-refractivity contribution in [3.8, 4) is 0 Å². The van der Waals surface area contributed by atoms with Crippen LogP contribution in [0.3, 0.4) is 0 Å². The summed E-state index contributed by atoms with van der Waals surface area (Å²) in [6.07, 6.45) is 5.10. The summed E-state index contributed by atoms with van der Waals surface area (Å²) in [5.74, 6) is 0.347. The topological polar surface area (TPSA) is 53.4 Å². The largest absolute Gasteiger partial charge is 0.481 e. The van der Waals surface area contributed by atoms with Crippen molar-refractivity contribution in [1.82, 2.24) is 4.98 Å². The molecule has 0 aromatic carbocycles. The smallest absolute Gasteiger partial charge is 0.307 e. The Morgan fingerprint density at radius 2 is 2.12 bits per heavy atom. The minimum Gasteiger partial charge on any atom is -0.481 e. The summed E-state index contributed by atoms with van der Waals surface area (Å²) in [6, 6.07) is 4.06. The molecule has 1 saturated heterocycles. The highest BCUT2D eigenvalue weighted by Gasteiger charge is 2.44. The van der Waals surface area contributed by atoms with E-state index < -0.39 is 5.97 Å². The van der Waals surface area contributed by atoms with E-state index in [4.69, 9.17) is 5.11 Å². The first-order valence-electron chi connectivity index (χ1n) is 6.19. The minimum atomic E-state index is -0.682. The second kappa shape index (κ2) is 4.02. The summed E-state index contributed by atoms with van der Waals surface area (Å²) in [5, 5.41) is 8.88. The maximum absolute atomic E-state index is 10.8. The van der Waals surface area contributed by atoms with Crippen molar-refractivity contribution in [1.29, 1.82) is 0 Å². The second-order valence-electron chi connectivity index (χ2n) is 4.93. The van der Waals surface area contributed by atoms with E-state index in [1.807, 2.05) is 18.3 Å². The zero-order valence-electron chi connectivity index (χ0n) is 9.67. The fraction of sp³-hybridized carbons (Fsp3) is 0.538. The molecule has 1 aliphatic heterocycles. The van der Waals surface area contributed by atoms with Gasteiger partial charge in [0.05, 0.1) is 5.92 Å². The highest BCUT2D eigenvalue weighted by molar-refractivity contribution is 5.75. The molecule has 0 radical (unpaired) electrons. The van der Waals surface area contributed by atoms with Gasteiger partial charge in [0.15, 0.2) is 0 Å². The second-order valence-corrected chi connectivity index (χ2v) is 4.93. The van der Waals surface area contributed by atoms with Crippen molar-refractivity contribution in [2.45, 2.75) is 25.2 Å². The summed E-state index contributed by atoms with van der Waals surface area (Å²) >= 11 is 0. The van der Waals surface area contributed by atoms with Gasteiger partial charge in [0.25, 0.3) is 0 Å². The van der Waals surface area contributed by atoms with Gasteiger partial charge in [-0.2, -0.15) is 0 Å². The van der Waals surface area contributed by atoms with Crippen molar-refractivity contribution in [2.24, 2.45) is 5.92 Å². The predicted octanol–water partition coefficient (Wildman–Crippen LogP) is 1.87. The van der Waals surface area contributed by atoms with E-state index in [1.54, 1.807) is 0 Å². The number of aromatic nitrogens is 1. The van der Waals surface area contributed by atoms with Crippen LogP contribution in [0.25, 0.3) is 0 Å². The Hall–Kier alpha value is -1.58. The Morgan fingerprint density at radius 3 is 2.65 bits per heavy atom. The van der Waals surface area contributed by atoms with E-state index in [1.165, 1.54) is 12.8 Å². The number of pyridine rings is 1. The Bertz CT molecular complexity index is 424. The first kappa shape index (κ1) is 10.6. The van der Waals surface area contributed by atoms with Crippen LogP contribution in [0.4, 0.5) is 5.82 Å². The first-order chi connectivity index (χ1) is 8.25. The lowest BCUT2D eigenvalue weighted by Crippen LogP contribution is -2.18. The summed E-state index contributed by atoms with van der Waals surface area (Å²) in [7, 11) is 0. The lowest BCUT2D eigenvalue weighted by Gasteiger charge is -2.16. The average Bonchev–Trinajstić information content (AvgIpc) is 2.97. The standard InChI is InChI=1S/C13H16N2O2/c16-13(17)11-7-10(11)9-3-4-12(14-8-9)15-5-1-2-6-15/h3-4,8,10-11H,1-2,5-7H2,(H,16,17)/t10-,11+/m0/s1. The monoisotopic (exact) mass is 232 g/mol. The Labute approximate surface area is 100 Å². The number of carboxylic acids is 1. The highest BCUT2D eigenvalue weighted by Crippen LogP contribution is 2.47. The molecule has 2 atom stereocenters. The Morgan fingerprint density at radius 1 is 1.35 bits per heavy atom. The lowest BCUT2D eigenvalue weighted by molar-refractivity contribution is -0.138. The molecule has 0 spiro atoms.